The summed E-state index contributed by atoms with van der Waals surface area (Å²) in [5, 5.41) is 0.113. The van der Waals surface area contributed by atoms with Crippen molar-refractivity contribution in [1.29, 1.82) is 0 Å². The minimum Gasteiger partial charge on any atom is -0.415 e. The maximum Gasteiger partial charge on any atom is 0.192 e. The minimum absolute atomic E-state index is 0.113. The van der Waals surface area contributed by atoms with Crippen LogP contribution in [0.3, 0.4) is 0 Å². The Hall–Kier alpha value is -1.00. The van der Waals surface area contributed by atoms with E-state index in [4.69, 9.17) is 10.8 Å². The molecule has 25 heavy (non-hydrogen) atoms. The normalized spacial score (nSPS) is 15.5. The Balaban J connectivity index is 3.03. The van der Waals surface area contributed by atoms with Crippen molar-refractivity contribution in [1.82, 2.24) is 9.71 Å². The molecule has 0 aliphatic carbocycles. The third-order valence-corrected chi connectivity index (χ3v) is 10.6. The molecular formula is C19H32N2O2SSi. The van der Waals surface area contributed by atoms with Gasteiger partial charge >= 0.3 is 0 Å². The number of terminal acetylenes is 1. The molecule has 0 aliphatic rings. The predicted octanol–water partition coefficient (Wildman–Crippen LogP) is 4.18. The van der Waals surface area contributed by atoms with Crippen molar-refractivity contribution in [3.05, 3.63) is 29.6 Å². The molecule has 140 valence electrons. The number of hydrogen-bond acceptors (Lipinski definition) is 3. The summed E-state index contributed by atoms with van der Waals surface area (Å²) < 4.78 is 21.8. The lowest BCUT2D eigenvalue weighted by atomic mass is 10.2. The fraction of sp³-hybridized carbons (Fsp3) is 0.632. The SMILES string of the molecule is C#Cc1ccc(C(CO[Si](C)(C)C(C)(C)C)NS(=O)C(C)(C)C)nc1. The van der Waals surface area contributed by atoms with E-state index in [2.05, 4.69) is 49.5 Å². The molecule has 1 N–H and O–H groups in total. The summed E-state index contributed by atoms with van der Waals surface area (Å²) in [4.78, 5) is 4.44. The number of pyridine rings is 1. The first-order valence-corrected chi connectivity index (χ1v) is 12.6. The van der Waals surface area contributed by atoms with Crippen LogP contribution in [0.1, 0.15) is 58.8 Å². The minimum atomic E-state index is -1.91. The number of aromatic nitrogens is 1. The van der Waals surface area contributed by atoms with Gasteiger partial charge in [0.2, 0.25) is 0 Å². The Labute approximate surface area is 156 Å². The second-order valence-electron chi connectivity index (χ2n) is 8.74. The van der Waals surface area contributed by atoms with Gasteiger partial charge in [-0.2, -0.15) is 0 Å². The van der Waals surface area contributed by atoms with Gasteiger partial charge in [0.1, 0.15) is 0 Å². The molecule has 1 aromatic heterocycles. The van der Waals surface area contributed by atoms with E-state index in [0.717, 1.165) is 11.3 Å². The molecule has 0 saturated carbocycles. The van der Waals surface area contributed by atoms with Gasteiger partial charge in [-0.3, -0.25) is 4.98 Å². The van der Waals surface area contributed by atoms with E-state index in [1.807, 2.05) is 32.9 Å². The lowest BCUT2D eigenvalue weighted by molar-refractivity contribution is 0.255. The van der Waals surface area contributed by atoms with E-state index in [1.165, 1.54) is 0 Å². The highest BCUT2D eigenvalue weighted by atomic mass is 32.2. The maximum absolute atomic E-state index is 12.6. The predicted molar refractivity (Wildman–Crippen MR) is 109 cm³/mol. The molecule has 0 radical (unpaired) electrons. The molecule has 0 amide bonds. The van der Waals surface area contributed by atoms with Crippen molar-refractivity contribution in [2.45, 2.75) is 70.5 Å². The lowest BCUT2D eigenvalue weighted by Crippen LogP contribution is -2.44. The topological polar surface area (TPSA) is 51.2 Å². The van der Waals surface area contributed by atoms with Gasteiger partial charge in [0.15, 0.2) is 8.32 Å². The summed E-state index contributed by atoms with van der Waals surface area (Å²) in [5.74, 6) is 2.57. The smallest absolute Gasteiger partial charge is 0.192 e. The van der Waals surface area contributed by atoms with E-state index in [0.29, 0.717) is 6.61 Å². The second-order valence-corrected chi connectivity index (χ2v) is 15.5. The Morgan fingerprint density at radius 3 is 2.28 bits per heavy atom. The summed E-state index contributed by atoms with van der Waals surface area (Å²) in [5.41, 5.74) is 1.51. The molecule has 1 aromatic rings. The fourth-order valence-corrected chi connectivity index (χ4v) is 3.51. The number of hydrogen-bond donors (Lipinski definition) is 1. The standard InChI is InChI=1S/C19H32N2O2SSi/c1-10-15-11-12-16(20-13-15)17(21-24(22)18(2,3)4)14-23-25(8,9)19(5,6)7/h1,11-13,17,21H,14H2,2-9H3. The third-order valence-electron chi connectivity index (χ3n) is 4.53. The van der Waals surface area contributed by atoms with Crippen LogP contribution < -0.4 is 4.72 Å². The zero-order chi connectivity index (χ0) is 19.5. The first-order valence-electron chi connectivity index (χ1n) is 8.52. The van der Waals surface area contributed by atoms with Crippen LogP contribution in [0, 0.1) is 12.3 Å². The maximum atomic E-state index is 12.6. The van der Waals surface area contributed by atoms with Crippen LogP contribution >= 0.6 is 0 Å². The van der Waals surface area contributed by atoms with Gasteiger partial charge in [-0.05, 0) is 51.0 Å². The van der Waals surface area contributed by atoms with Crippen molar-refractivity contribution in [3.63, 3.8) is 0 Å². The van der Waals surface area contributed by atoms with Crippen molar-refractivity contribution < 1.29 is 8.63 Å². The van der Waals surface area contributed by atoms with E-state index >= 15 is 0 Å². The van der Waals surface area contributed by atoms with Gasteiger partial charge in [0.05, 0.1) is 34.1 Å². The van der Waals surface area contributed by atoms with Gasteiger partial charge in [-0.25, -0.2) is 8.93 Å². The highest BCUT2D eigenvalue weighted by Crippen LogP contribution is 2.37. The molecule has 2 unspecified atom stereocenters. The molecule has 1 rings (SSSR count). The summed E-state index contributed by atoms with van der Waals surface area (Å²) in [6, 6.07) is 3.48. The fourth-order valence-electron chi connectivity index (χ4n) is 1.69. The molecule has 0 saturated heterocycles. The van der Waals surface area contributed by atoms with Crippen LogP contribution in [0.4, 0.5) is 0 Å². The molecule has 0 spiro atoms. The summed E-state index contributed by atoms with van der Waals surface area (Å²) >= 11 is 0. The number of rotatable bonds is 6. The van der Waals surface area contributed by atoms with Crippen molar-refractivity contribution in [2.24, 2.45) is 0 Å². The Bertz CT molecular complexity index is 637. The Morgan fingerprint density at radius 1 is 1.28 bits per heavy atom. The van der Waals surface area contributed by atoms with E-state index in [-0.39, 0.29) is 15.8 Å². The van der Waals surface area contributed by atoms with Crippen LogP contribution in [0.15, 0.2) is 18.3 Å². The van der Waals surface area contributed by atoms with Crippen molar-refractivity contribution >= 4 is 19.3 Å². The van der Waals surface area contributed by atoms with Gasteiger partial charge < -0.3 is 4.43 Å². The molecule has 0 aromatic carbocycles. The van der Waals surface area contributed by atoms with Crippen LogP contribution in [-0.2, 0) is 15.4 Å². The first kappa shape index (κ1) is 22.0. The number of nitrogens with one attached hydrogen (secondary N) is 1. The van der Waals surface area contributed by atoms with Crippen LogP contribution in [-0.4, -0.2) is 28.9 Å². The molecule has 6 heteroatoms. The van der Waals surface area contributed by atoms with Crippen molar-refractivity contribution in [3.8, 4) is 12.3 Å². The second kappa shape index (κ2) is 8.13. The zero-order valence-corrected chi connectivity index (χ0v) is 18.6. The van der Waals surface area contributed by atoms with Gasteiger partial charge in [0.25, 0.3) is 0 Å². The summed E-state index contributed by atoms with van der Waals surface area (Å²) in [7, 11) is -3.13. The van der Waals surface area contributed by atoms with Gasteiger partial charge in [-0.15, -0.1) is 6.42 Å². The summed E-state index contributed by atoms with van der Waals surface area (Å²) in [6.45, 7) is 17.3. The lowest BCUT2D eigenvalue weighted by Gasteiger charge is -2.37. The molecule has 4 nitrogen and oxygen atoms in total. The average molecular weight is 381 g/mol. The monoisotopic (exact) mass is 380 g/mol. The number of nitrogens with zero attached hydrogens (tertiary/aromatic N) is 1. The molecule has 2 atom stereocenters. The highest BCUT2D eigenvalue weighted by molar-refractivity contribution is 7.84. The van der Waals surface area contributed by atoms with Gasteiger partial charge in [0, 0.05) is 11.8 Å². The Kier molecular flexibility index (Phi) is 7.17. The van der Waals surface area contributed by atoms with Crippen molar-refractivity contribution in [2.75, 3.05) is 6.61 Å². The first-order chi connectivity index (χ1) is 11.3. The van der Waals surface area contributed by atoms with E-state index in [9.17, 15) is 4.21 Å². The van der Waals surface area contributed by atoms with Crippen LogP contribution in [0.25, 0.3) is 0 Å². The molecule has 0 fully saturated rings. The quantitative estimate of drug-likeness (QED) is 0.595. The molecule has 1 heterocycles. The molecule has 0 aliphatic heterocycles. The molecular weight excluding hydrogens is 348 g/mol. The van der Waals surface area contributed by atoms with Crippen LogP contribution in [0.2, 0.25) is 18.1 Å². The Morgan fingerprint density at radius 2 is 1.88 bits per heavy atom. The van der Waals surface area contributed by atoms with E-state index < -0.39 is 19.3 Å². The highest BCUT2D eigenvalue weighted by Gasteiger charge is 2.38. The molecule has 0 bridgehead atoms. The van der Waals surface area contributed by atoms with Crippen LogP contribution in [0.5, 0.6) is 0 Å². The average Bonchev–Trinajstić information content (AvgIpc) is 2.49. The van der Waals surface area contributed by atoms with E-state index in [1.54, 1.807) is 6.20 Å². The summed E-state index contributed by atoms with van der Waals surface area (Å²) in [6.07, 6.45) is 7.07. The van der Waals surface area contributed by atoms with Gasteiger partial charge in [-0.1, -0.05) is 26.7 Å². The largest absolute Gasteiger partial charge is 0.415 e. The zero-order valence-electron chi connectivity index (χ0n) is 16.8. The third kappa shape index (κ3) is 6.34.